The van der Waals surface area contributed by atoms with Gasteiger partial charge in [-0.3, -0.25) is 14.9 Å². The van der Waals surface area contributed by atoms with Crippen molar-refractivity contribution < 1.29 is 33.3 Å². The fourth-order valence-electron chi connectivity index (χ4n) is 8.55. The van der Waals surface area contributed by atoms with E-state index in [0.29, 0.717) is 13.0 Å². The summed E-state index contributed by atoms with van der Waals surface area (Å²) >= 11 is 0. The Morgan fingerprint density at radius 3 is 1.96 bits per heavy atom. The molecule has 5 atom stereocenters. The summed E-state index contributed by atoms with van der Waals surface area (Å²) in [7, 11) is 0. The molecular weight excluding hydrogens is 604 g/mol. The summed E-state index contributed by atoms with van der Waals surface area (Å²) in [5, 5.41) is 24.8. The van der Waals surface area contributed by atoms with Gasteiger partial charge >= 0.3 is 18.6 Å². The van der Waals surface area contributed by atoms with Crippen LogP contribution in [0, 0.1) is 10.8 Å². The van der Waals surface area contributed by atoms with Gasteiger partial charge < -0.3 is 25.6 Å². The molecule has 3 aromatic rings. The van der Waals surface area contributed by atoms with Crippen molar-refractivity contribution in [1.29, 1.82) is 0 Å². The Morgan fingerprint density at radius 1 is 0.915 bits per heavy atom. The number of alkyl halides is 2. The number of aliphatic carboxylic acids is 2. The van der Waals surface area contributed by atoms with Gasteiger partial charge in [0.2, 0.25) is 0 Å². The summed E-state index contributed by atoms with van der Waals surface area (Å²) in [6, 6.07) is 26.2. The molecule has 5 rings (SSSR count). The number of piperidine rings is 2. The largest absolute Gasteiger partial charge is 0.481 e. The van der Waals surface area contributed by atoms with Gasteiger partial charge in [-0.25, -0.2) is 0 Å². The van der Waals surface area contributed by atoms with E-state index in [-0.39, 0.29) is 29.6 Å². The van der Waals surface area contributed by atoms with E-state index in [4.69, 9.17) is 10.5 Å². The van der Waals surface area contributed by atoms with Crippen LogP contribution >= 0.6 is 0 Å². The maximum atomic E-state index is 13.6. The Balaban J connectivity index is 1.45. The van der Waals surface area contributed by atoms with E-state index in [0.717, 1.165) is 25.9 Å². The molecule has 4 unspecified atom stereocenters. The van der Waals surface area contributed by atoms with Gasteiger partial charge in [-0.15, -0.1) is 0 Å². The van der Waals surface area contributed by atoms with Crippen LogP contribution in [0.4, 0.5) is 8.78 Å². The Hall–Kier alpha value is -3.86. The topological polar surface area (TPSA) is 125 Å². The Bertz CT molecular complexity index is 1480. The van der Waals surface area contributed by atoms with Crippen molar-refractivity contribution in [3.05, 3.63) is 102 Å². The number of carboxylic acid groups (broad SMARTS) is 2. The van der Waals surface area contributed by atoms with E-state index in [1.807, 2.05) is 12.1 Å². The van der Waals surface area contributed by atoms with Gasteiger partial charge in [0, 0.05) is 17.4 Å². The first-order valence-corrected chi connectivity index (χ1v) is 16.4. The molecule has 0 aliphatic carbocycles. The summed E-state index contributed by atoms with van der Waals surface area (Å²) in [6.45, 7) is 2.34. The van der Waals surface area contributed by atoms with Crippen molar-refractivity contribution in [2.75, 3.05) is 19.6 Å². The normalized spacial score (nSPS) is 27.7. The lowest BCUT2D eigenvalue weighted by Gasteiger charge is -2.57. The Kier molecular flexibility index (Phi) is 10.3. The van der Waals surface area contributed by atoms with Crippen LogP contribution in [-0.4, -0.2) is 65.5 Å². The number of carbonyl (C=O) groups is 2. The van der Waals surface area contributed by atoms with Crippen LogP contribution in [0.15, 0.2) is 84.9 Å². The summed E-state index contributed by atoms with van der Waals surface area (Å²) < 4.78 is 32.0. The lowest BCUT2D eigenvalue weighted by molar-refractivity contribution is -0.174. The molecular formula is C37H45F2N3O5. The number of rotatable bonds is 12. The molecule has 0 radical (unpaired) electrons. The number of benzene rings is 3. The third-order valence-corrected chi connectivity index (χ3v) is 11.0. The van der Waals surface area contributed by atoms with E-state index in [1.165, 1.54) is 29.3 Å². The average Bonchev–Trinajstić information content (AvgIpc) is 3.06. The molecule has 2 heterocycles. The van der Waals surface area contributed by atoms with Crippen LogP contribution in [0.3, 0.4) is 0 Å². The summed E-state index contributed by atoms with van der Waals surface area (Å²) in [4.78, 5) is 29.0. The van der Waals surface area contributed by atoms with E-state index < -0.39 is 47.5 Å². The standard InChI is InChI=1S/C37H45F2N3O5/c1-3-36(32(43)44)30(28-17-10-11-18-29(28)47-34(38)39)37(33(45)46,25(2)41-31(36)40)19-12-22-42-23-20-35(21-24-42,26-13-6-4-7-14-26)27-15-8-5-9-16-27/h4-11,13-18,25,30-31,34,41H,3,12,19-24,40H2,1-2H3,(H,43,44)(H,45,46)/t25?,30-,31?,36?,37?/m0/s1. The molecule has 2 aliphatic heterocycles. The molecule has 0 bridgehead atoms. The highest BCUT2D eigenvalue weighted by molar-refractivity contribution is 5.84. The third kappa shape index (κ3) is 6.14. The molecule has 0 saturated carbocycles. The van der Waals surface area contributed by atoms with Crippen LogP contribution in [-0.2, 0) is 15.0 Å². The zero-order valence-corrected chi connectivity index (χ0v) is 26.9. The van der Waals surface area contributed by atoms with Gasteiger partial charge in [0.05, 0.1) is 11.6 Å². The van der Waals surface area contributed by atoms with Gasteiger partial charge in [-0.1, -0.05) is 85.8 Å². The van der Waals surface area contributed by atoms with Crippen LogP contribution in [0.1, 0.15) is 68.6 Å². The number of halogens is 2. The molecule has 2 aliphatic rings. The van der Waals surface area contributed by atoms with Crippen molar-refractivity contribution in [2.24, 2.45) is 16.6 Å². The van der Waals surface area contributed by atoms with E-state index in [9.17, 15) is 28.6 Å². The van der Waals surface area contributed by atoms with Gasteiger partial charge in [0.1, 0.15) is 11.2 Å². The number of ether oxygens (including phenoxy) is 1. The molecule has 10 heteroatoms. The second kappa shape index (κ2) is 14.1. The minimum absolute atomic E-state index is 0.0287. The Labute approximate surface area is 274 Å². The Morgan fingerprint density at radius 2 is 1.45 bits per heavy atom. The van der Waals surface area contributed by atoms with Crippen molar-refractivity contribution >= 4 is 11.9 Å². The van der Waals surface area contributed by atoms with Crippen molar-refractivity contribution in [1.82, 2.24) is 10.2 Å². The molecule has 0 spiro atoms. The minimum Gasteiger partial charge on any atom is -0.481 e. The van der Waals surface area contributed by atoms with Crippen LogP contribution < -0.4 is 15.8 Å². The number of nitrogens with one attached hydrogen (secondary N) is 1. The number of para-hydroxylation sites is 1. The molecule has 252 valence electrons. The maximum Gasteiger partial charge on any atom is 0.387 e. The van der Waals surface area contributed by atoms with Gasteiger partial charge in [-0.2, -0.15) is 8.78 Å². The zero-order chi connectivity index (χ0) is 33.8. The molecule has 5 N–H and O–H groups in total. The number of nitrogens with zero attached hydrogens (tertiary/aromatic N) is 1. The van der Waals surface area contributed by atoms with E-state index >= 15 is 0 Å². The van der Waals surface area contributed by atoms with Crippen LogP contribution in [0.5, 0.6) is 5.75 Å². The van der Waals surface area contributed by atoms with Gasteiger partial charge in [-0.05, 0) is 81.4 Å². The third-order valence-electron chi connectivity index (χ3n) is 11.0. The van der Waals surface area contributed by atoms with Gasteiger partial charge in [0.15, 0.2) is 0 Å². The summed E-state index contributed by atoms with van der Waals surface area (Å²) in [5.41, 5.74) is 5.50. The predicted molar refractivity (Wildman–Crippen MR) is 175 cm³/mol. The van der Waals surface area contributed by atoms with Gasteiger partial charge in [0.25, 0.3) is 0 Å². The van der Waals surface area contributed by atoms with Crippen molar-refractivity contribution in [3.63, 3.8) is 0 Å². The summed E-state index contributed by atoms with van der Waals surface area (Å²) in [6.07, 6.45) is 1.16. The molecule has 8 nitrogen and oxygen atoms in total. The first kappa shape index (κ1) is 34.5. The number of likely N-dealkylation sites (tertiary alicyclic amines) is 1. The lowest BCUT2D eigenvalue weighted by Crippen LogP contribution is -2.72. The molecule has 3 aromatic carbocycles. The molecule has 0 aromatic heterocycles. The maximum absolute atomic E-state index is 13.6. The zero-order valence-electron chi connectivity index (χ0n) is 26.9. The average molecular weight is 650 g/mol. The second-order valence-corrected chi connectivity index (χ2v) is 13.0. The van der Waals surface area contributed by atoms with Crippen molar-refractivity contribution in [3.8, 4) is 5.75 Å². The molecule has 2 saturated heterocycles. The summed E-state index contributed by atoms with van der Waals surface area (Å²) in [5.74, 6) is -4.00. The highest BCUT2D eigenvalue weighted by atomic mass is 19.3. The lowest BCUT2D eigenvalue weighted by atomic mass is 9.50. The monoisotopic (exact) mass is 649 g/mol. The van der Waals surface area contributed by atoms with Crippen LogP contribution in [0.25, 0.3) is 0 Å². The van der Waals surface area contributed by atoms with Crippen molar-refractivity contribution in [2.45, 2.75) is 76.1 Å². The minimum atomic E-state index is -3.18. The molecule has 0 amide bonds. The van der Waals surface area contributed by atoms with E-state index in [1.54, 1.807) is 19.9 Å². The highest BCUT2D eigenvalue weighted by Gasteiger charge is 2.67. The SMILES string of the molecule is CCC1(C(=O)O)C(N)NC(C)C(CCCN2CCC(c3ccccc3)(c3ccccc3)CC2)(C(=O)O)[C@H]1c1ccccc1OC(F)F. The number of nitrogens with two attached hydrogens (primary N) is 1. The first-order valence-electron chi connectivity index (χ1n) is 16.4. The quantitative estimate of drug-likeness (QED) is 0.187. The molecule has 2 fully saturated rings. The smallest absolute Gasteiger partial charge is 0.387 e. The van der Waals surface area contributed by atoms with Crippen LogP contribution in [0.2, 0.25) is 0 Å². The second-order valence-electron chi connectivity index (χ2n) is 13.0. The number of hydrogen-bond acceptors (Lipinski definition) is 6. The number of hydrogen-bond donors (Lipinski definition) is 4. The fourth-order valence-corrected chi connectivity index (χ4v) is 8.55. The molecule has 47 heavy (non-hydrogen) atoms. The predicted octanol–water partition coefficient (Wildman–Crippen LogP) is 6.06. The highest BCUT2D eigenvalue weighted by Crippen LogP contribution is 2.59. The number of carboxylic acids is 2. The first-order chi connectivity index (χ1) is 22.5. The fraction of sp³-hybridized carbons (Fsp3) is 0.459. The van der Waals surface area contributed by atoms with E-state index in [2.05, 4.69) is 58.7 Å².